The minimum Gasteiger partial charge on any atom is -0.484 e. The highest BCUT2D eigenvalue weighted by atomic mass is 31.2. The standard InChI is InChI=1S/C34H51N6O9P/c1-2-3-4-5-6-7-8-9-10-11-12-13-18-45-21-28(49-27-15-14-26(19-35)37-20-27)22-47-50(43,44)48-23-30-32(41)34(42,24-46-30)31-17-16-29-33(36)38-25-39-40(29)31/h14-17,20,25,28,30,32,41-42H,2-13,18,21-24H2,1H3,(H,43,44)(H2,36,38,39)/t28-,30-,32-,34+/m1/s1. The molecule has 0 radical (unpaired) electrons. The number of nitriles is 1. The number of phosphoric acid groups is 1. The Hall–Kier alpha value is -3.19. The second-order valence-corrected chi connectivity index (χ2v) is 14.1. The van der Waals surface area contributed by atoms with Crippen molar-refractivity contribution in [2.45, 2.75) is 108 Å². The van der Waals surface area contributed by atoms with Crippen molar-refractivity contribution in [1.29, 1.82) is 5.26 Å². The van der Waals surface area contributed by atoms with E-state index in [-0.39, 0.29) is 37.0 Å². The van der Waals surface area contributed by atoms with Crippen LogP contribution in [0.1, 0.15) is 95.4 Å². The third kappa shape index (κ3) is 11.7. The molecule has 0 amide bonds. The lowest BCUT2D eigenvalue weighted by atomic mass is 9.93. The second-order valence-electron chi connectivity index (χ2n) is 12.6. The van der Waals surface area contributed by atoms with Crippen molar-refractivity contribution in [2.75, 3.05) is 38.8 Å². The Morgan fingerprint density at radius 1 is 1.04 bits per heavy atom. The molecule has 1 saturated heterocycles. The van der Waals surface area contributed by atoms with E-state index in [0.717, 1.165) is 19.3 Å². The molecule has 0 aliphatic carbocycles. The minimum atomic E-state index is -4.67. The van der Waals surface area contributed by atoms with Gasteiger partial charge in [0.05, 0.1) is 38.3 Å². The number of fused-ring (bicyclic) bond motifs is 1. The van der Waals surface area contributed by atoms with Crippen LogP contribution in [0.3, 0.4) is 0 Å². The number of pyridine rings is 1. The van der Waals surface area contributed by atoms with Crippen molar-refractivity contribution in [3.05, 3.63) is 48.2 Å². The zero-order chi connectivity index (χ0) is 35.8. The first-order chi connectivity index (χ1) is 24.2. The molecule has 0 aromatic carbocycles. The van der Waals surface area contributed by atoms with Gasteiger partial charge in [-0.15, -0.1) is 0 Å². The van der Waals surface area contributed by atoms with Gasteiger partial charge in [0.15, 0.2) is 11.4 Å². The average molecular weight is 719 g/mol. The molecule has 0 saturated carbocycles. The first-order valence-electron chi connectivity index (χ1n) is 17.5. The number of aromatic nitrogens is 4. The van der Waals surface area contributed by atoms with Crippen LogP contribution in [0.5, 0.6) is 5.75 Å². The molecule has 0 bridgehead atoms. The van der Waals surface area contributed by atoms with E-state index in [2.05, 4.69) is 22.0 Å². The van der Waals surface area contributed by atoms with Crippen LogP contribution in [-0.2, 0) is 28.7 Å². The van der Waals surface area contributed by atoms with Crippen molar-refractivity contribution < 1.29 is 42.9 Å². The van der Waals surface area contributed by atoms with Crippen LogP contribution in [0.2, 0.25) is 0 Å². The topological polar surface area (TPSA) is 217 Å². The molecule has 0 spiro atoms. The molecule has 16 heteroatoms. The number of aliphatic hydroxyl groups is 2. The van der Waals surface area contributed by atoms with E-state index in [1.54, 1.807) is 18.2 Å². The zero-order valence-electron chi connectivity index (χ0n) is 28.8. The molecular weight excluding hydrogens is 667 g/mol. The number of phosphoric ester groups is 1. The maximum atomic E-state index is 12.9. The zero-order valence-corrected chi connectivity index (χ0v) is 29.7. The summed E-state index contributed by atoms with van der Waals surface area (Å²) in [6, 6.07) is 8.14. The smallest absolute Gasteiger partial charge is 0.472 e. The van der Waals surface area contributed by atoms with Crippen molar-refractivity contribution in [3.63, 3.8) is 0 Å². The number of ether oxygens (including phenoxy) is 3. The quantitative estimate of drug-likeness (QED) is 0.0721. The van der Waals surface area contributed by atoms with Crippen LogP contribution in [0.4, 0.5) is 5.82 Å². The normalized spacial score (nSPS) is 20.9. The molecule has 276 valence electrons. The number of hydrogen-bond acceptors (Lipinski definition) is 13. The fourth-order valence-electron chi connectivity index (χ4n) is 5.83. The number of hydrogen-bond donors (Lipinski definition) is 4. The van der Waals surface area contributed by atoms with E-state index < -0.39 is 38.3 Å². The lowest BCUT2D eigenvalue weighted by Gasteiger charge is -2.26. The lowest BCUT2D eigenvalue weighted by molar-refractivity contribution is -0.0636. The van der Waals surface area contributed by atoms with Crippen LogP contribution in [-0.4, -0.2) is 86.0 Å². The summed E-state index contributed by atoms with van der Waals surface area (Å²) in [4.78, 5) is 18.4. The van der Waals surface area contributed by atoms with Crippen LogP contribution in [0.15, 0.2) is 36.8 Å². The molecule has 1 unspecified atom stereocenters. The van der Waals surface area contributed by atoms with Gasteiger partial charge in [0.25, 0.3) is 0 Å². The fourth-order valence-corrected chi connectivity index (χ4v) is 6.59. The molecule has 15 nitrogen and oxygen atoms in total. The monoisotopic (exact) mass is 718 g/mol. The number of aliphatic hydroxyl groups excluding tert-OH is 1. The van der Waals surface area contributed by atoms with E-state index in [0.29, 0.717) is 17.9 Å². The summed E-state index contributed by atoms with van der Waals surface area (Å²) in [5.41, 5.74) is 4.84. The van der Waals surface area contributed by atoms with Gasteiger partial charge in [0, 0.05) is 6.61 Å². The summed E-state index contributed by atoms with van der Waals surface area (Å²) in [6.07, 6.45) is 13.9. The van der Waals surface area contributed by atoms with Gasteiger partial charge >= 0.3 is 7.82 Å². The highest BCUT2D eigenvalue weighted by molar-refractivity contribution is 7.47. The molecule has 4 rings (SSSR count). The minimum absolute atomic E-state index is 0.0643. The predicted molar refractivity (Wildman–Crippen MR) is 184 cm³/mol. The average Bonchev–Trinajstić information content (AvgIpc) is 3.68. The second kappa shape index (κ2) is 20.0. The Morgan fingerprint density at radius 3 is 2.40 bits per heavy atom. The number of rotatable bonds is 24. The van der Waals surface area contributed by atoms with Gasteiger partial charge in [-0.05, 0) is 30.7 Å². The lowest BCUT2D eigenvalue weighted by Crippen LogP contribution is -2.43. The Bertz CT molecular complexity index is 1540. The highest BCUT2D eigenvalue weighted by Gasteiger charge is 2.51. The van der Waals surface area contributed by atoms with Gasteiger partial charge in [-0.2, -0.15) is 10.4 Å². The summed E-state index contributed by atoms with van der Waals surface area (Å²) >= 11 is 0. The van der Waals surface area contributed by atoms with Crippen LogP contribution in [0, 0.1) is 11.3 Å². The summed E-state index contributed by atoms with van der Waals surface area (Å²) in [5.74, 6) is 0.515. The molecule has 50 heavy (non-hydrogen) atoms. The molecule has 1 aliphatic heterocycles. The fraction of sp³-hybridized carbons (Fsp3) is 0.647. The summed E-state index contributed by atoms with van der Waals surface area (Å²) in [7, 11) is -4.67. The largest absolute Gasteiger partial charge is 0.484 e. The van der Waals surface area contributed by atoms with Gasteiger partial charge < -0.3 is 35.1 Å². The Balaban J connectivity index is 1.20. The van der Waals surface area contributed by atoms with Crippen molar-refractivity contribution in [3.8, 4) is 11.8 Å². The molecule has 1 aliphatic rings. The summed E-state index contributed by atoms with van der Waals surface area (Å²) in [6.45, 7) is 1.53. The highest BCUT2D eigenvalue weighted by Crippen LogP contribution is 2.45. The number of nitrogens with two attached hydrogens (primary N) is 1. The maximum absolute atomic E-state index is 12.9. The van der Waals surface area contributed by atoms with Gasteiger partial charge in [0.2, 0.25) is 0 Å². The Labute approximate surface area is 293 Å². The Kier molecular flexibility index (Phi) is 15.8. The first kappa shape index (κ1) is 39.6. The van der Waals surface area contributed by atoms with E-state index in [1.807, 2.05) is 6.07 Å². The molecule has 1 fully saturated rings. The van der Waals surface area contributed by atoms with Gasteiger partial charge in [0.1, 0.15) is 47.7 Å². The number of nitrogens with zero attached hydrogens (tertiary/aromatic N) is 5. The molecular formula is C34H51N6O9P. The van der Waals surface area contributed by atoms with Crippen LogP contribution >= 0.6 is 7.82 Å². The SMILES string of the molecule is CCCCCCCCCCCCCCOC[C@H](COP(=O)(O)OC[C@H]1OC[C@](O)(c2ccc3c(N)ncnn23)[C@@H]1O)Oc1ccc(C#N)nc1. The van der Waals surface area contributed by atoms with Crippen LogP contribution in [0.25, 0.3) is 5.52 Å². The predicted octanol–water partition coefficient (Wildman–Crippen LogP) is 4.82. The van der Waals surface area contributed by atoms with Gasteiger partial charge in [-0.1, -0.05) is 77.6 Å². The molecule has 3 aromatic rings. The van der Waals surface area contributed by atoms with Crippen LogP contribution < -0.4 is 10.5 Å². The molecule has 4 heterocycles. The molecule has 3 aromatic heterocycles. The van der Waals surface area contributed by atoms with E-state index in [9.17, 15) is 19.7 Å². The van der Waals surface area contributed by atoms with Gasteiger partial charge in [-0.25, -0.2) is 19.0 Å². The Morgan fingerprint density at radius 2 is 1.74 bits per heavy atom. The number of unbranched alkanes of at least 4 members (excludes halogenated alkanes) is 11. The third-order valence-electron chi connectivity index (χ3n) is 8.71. The third-order valence-corrected chi connectivity index (χ3v) is 9.66. The molecule has 5 atom stereocenters. The maximum Gasteiger partial charge on any atom is 0.472 e. The van der Waals surface area contributed by atoms with Crippen molar-refractivity contribution in [1.82, 2.24) is 19.6 Å². The number of nitrogen functional groups attached to an aromatic ring is 1. The number of anilines is 1. The van der Waals surface area contributed by atoms with E-state index in [4.69, 9.17) is 34.3 Å². The van der Waals surface area contributed by atoms with Gasteiger partial charge in [-0.3, -0.25) is 9.05 Å². The van der Waals surface area contributed by atoms with Crippen molar-refractivity contribution >= 4 is 19.2 Å². The summed E-state index contributed by atoms with van der Waals surface area (Å²) < 4.78 is 41.9. The van der Waals surface area contributed by atoms with E-state index >= 15 is 0 Å². The summed E-state index contributed by atoms with van der Waals surface area (Å²) in [5, 5.41) is 35.4. The first-order valence-corrected chi connectivity index (χ1v) is 19.0. The molecule has 5 N–H and O–H groups in total. The van der Waals surface area contributed by atoms with Crippen molar-refractivity contribution in [2.24, 2.45) is 0 Å². The van der Waals surface area contributed by atoms with E-state index in [1.165, 1.54) is 80.9 Å².